The lowest BCUT2D eigenvalue weighted by Gasteiger charge is -2.26. The van der Waals surface area contributed by atoms with E-state index in [4.69, 9.17) is 0 Å². The summed E-state index contributed by atoms with van der Waals surface area (Å²) in [6.07, 6.45) is 3.84. The van der Waals surface area contributed by atoms with Crippen LogP contribution < -0.4 is 0 Å². The largest absolute Gasteiger partial charge is 0.396 e. The van der Waals surface area contributed by atoms with Gasteiger partial charge >= 0.3 is 0 Å². The lowest BCUT2D eigenvalue weighted by Crippen LogP contribution is -2.30. The van der Waals surface area contributed by atoms with E-state index in [-0.39, 0.29) is 5.41 Å². The fourth-order valence-corrected chi connectivity index (χ4v) is 3.75. The minimum atomic E-state index is 0.231. The zero-order valence-electron chi connectivity index (χ0n) is 12.3. The van der Waals surface area contributed by atoms with Crippen molar-refractivity contribution in [2.24, 2.45) is 11.3 Å². The van der Waals surface area contributed by atoms with Crippen LogP contribution in [0.2, 0.25) is 0 Å². The van der Waals surface area contributed by atoms with E-state index in [0.717, 1.165) is 19.0 Å². The van der Waals surface area contributed by atoms with E-state index < -0.39 is 0 Å². The molecule has 106 valence electrons. The molecule has 1 heterocycles. The minimum absolute atomic E-state index is 0.231. The van der Waals surface area contributed by atoms with Crippen LogP contribution in [0.15, 0.2) is 30.3 Å². The smallest absolute Gasteiger partial charge is 0.0502 e. The van der Waals surface area contributed by atoms with E-state index >= 15 is 0 Å². The first-order chi connectivity index (χ1) is 9.32. The van der Waals surface area contributed by atoms with Gasteiger partial charge in [-0.05, 0) is 24.3 Å². The maximum Gasteiger partial charge on any atom is 0.0502 e. The maximum atomic E-state index is 9.68. The molecule has 2 aliphatic rings. The van der Waals surface area contributed by atoms with E-state index in [0.29, 0.717) is 6.61 Å². The molecule has 2 heteroatoms. The van der Waals surface area contributed by atoms with Crippen LogP contribution in [-0.4, -0.2) is 29.7 Å². The van der Waals surface area contributed by atoms with Crippen LogP contribution in [0.25, 0.3) is 0 Å². The lowest BCUT2D eigenvalue weighted by atomic mass is 9.82. The SMILES string of the molecule is CC.OCC12CCCC1CN(Cc1ccccc1)C2. The molecule has 1 aromatic carbocycles. The fourth-order valence-electron chi connectivity index (χ4n) is 3.75. The molecular formula is C17H27NO. The quantitative estimate of drug-likeness (QED) is 0.902. The van der Waals surface area contributed by atoms with Crippen LogP contribution in [0, 0.1) is 11.3 Å². The standard InChI is InChI=1S/C15H21NO.C2H6/c17-12-15-8-4-7-14(15)10-16(11-15)9-13-5-2-1-3-6-13;1-2/h1-3,5-6,14,17H,4,7-12H2;1-2H3. The summed E-state index contributed by atoms with van der Waals surface area (Å²) >= 11 is 0. The summed E-state index contributed by atoms with van der Waals surface area (Å²) < 4.78 is 0. The highest BCUT2D eigenvalue weighted by Gasteiger charge is 2.48. The van der Waals surface area contributed by atoms with Gasteiger partial charge in [0.1, 0.15) is 0 Å². The van der Waals surface area contributed by atoms with Gasteiger partial charge in [-0.2, -0.15) is 0 Å². The second-order valence-electron chi connectivity index (χ2n) is 5.76. The summed E-state index contributed by atoms with van der Waals surface area (Å²) in [5.74, 6) is 0.733. The van der Waals surface area contributed by atoms with Crippen LogP contribution in [0.4, 0.5) is 0 Å². The van der Waals surface area contributed by atoms with Gasteiger partial charge in [-0.15, -0.1) is 0 Å². The number of aliphatic hydroxyl groups excluding tert-OH is 1. The average molecular weight is 261 g/mol. The van der Waals surface area contributed by atoms with E-state index in [9.17, 15) is 5.11 Å². The summed E-state index contributed by atoms with van der Waals surface area (Å²) in [5.41, 5.74) is 1.62. The number of fused-ring (bicyclic) bond motifs is 1. The molecule has 1 N–H and O–H groups in total. The van der Waals surface area contributed by atoms with Gasteiger partial charge in [-0.25, -0.2) is 0 Å². The van der Waals surface area contributed by atoms with Crippen molar-refractivity contribution in [1.82, 2.24) is 4.90 Å². The molecule has 1 saturated heterocycles. The first-order valence-corrected chi connectivity index (χ1v) is 7.69. The molecule has 0 spiro atoms. The average Bonchev–Trinajstić information content (AvgIpc) is 2.99. The predicted molar refractivity (Wildman–Crippen MR) is 79.9 cm³/mol. The Morgan fingerprint density at radius 2 is 2.00 bits per heavy atom. The van der Waals surface area contributed by atoms with Crippen LogP contribution >= 0.6 is 0 Å². The Bertz CT molecular complexity index is 378. The van der Waals surface area contributed by atoms with Gasteiger partial charge in [0.05, 0.1) is 6.61 Å². The van der Waals surface area contributed by atoms with Gasteiger partial charge in [-0.3, -0.25) is 4.90 Å². The topological polar surface area (TPSA) is 23.5 Å². The number of likely N-dealkylation sites (tertiary alicyclic amines) is 1. The molecule has 0 aromatic heterocycles. The summed E-state index contributed by atoms with van der Waals surface area (Å²) in [4.78, 5) is 2.52. The van der Waals surface area contributed by atoms with Crippen molar-refractivity contribution in [3.8, 4) is 0 Å². The normalized spacial score (nSPS) is 29.7. The molecule has 1 aliphatic heterocycles. The van der Waals surface area contributed by atoms with E-state index in [1.54, 1.807) is 0 Å². The van der Waals surface area contributed by atoms with Crippen LogP contribution in [0.3, 0.4) is 0 Å². The molecule has 3 rings (SSSR count). The Kier molecular flexibility index (Phi) is 5.00. The van der Waals surface area contributed by atoms with Crippen molar-refractivity contribution in [2.45, 2.75) is 39.7 Å². The van der Waals surface area contributed by atoms with Gasteiger partial charge < -0.3 is 5.11 Å². The number of aliphatic hydroxyl groups is 1. The highest BCUT2D eigenvalue weighted by Crippen LogP contribution is 2.48. The van der Waals surface area contributed by atoms with Crippen molar-refractivity contribution < 1.29 is 5.11 Å². The number of hydrogen-bond donors (Lipinski definition) is 1. The predicted octanol–water partition coefficient (Wildman–Crippen LogP) is 3.31. The first-order valence-electron chi connectivity index (χ1n) is 7.69. The third-order valence-electron chi connectivity index (χ3n) is 4.67. The molecule has 2 nitrogen and oxygen atoms in total. The molecule has 0 radical (unpaired) electrons. The van der Waals surface area contributed by atoms with Gasteiger partial charge in [0.25, 0.3) is 0 Å². The molecule has 2 atom stereocenters. The Morgan fingerprint density at radius 3 is 2.63 bits per heavy atom. The van der Waals surface area contributed by atoms with Crippen molar-refractivity contribution in [3.05, 3.63) is 35.9 Å². The van der Waals surface area contributed by atoms with Gasteiger partial charge in [-0.1, -0.05) is 50.6 Å². The van der Waals surface area contributed by atoms with Crippen LogP contribution in [0.1, 0.15) is 38.7 Å². The zero-order chi connectivity index (χ0) is 13.7. The lowest BCUT2D eigenvalue weighted by molar-refractivity contribution is 0.111. The van der Waals surface area contributed by atoms with E-state index in [1.807, 2.05) is 13.8 Å². The van der Waals surface area contributed by atoms with Gasteiger partial charge in [0.15, 0.2) is 0 Å². The van der Waals surface area contributed by atoms with Crippen molar-refractivity contribution in [1.29, 1.82) is 0 Å². The highest BCUT2D eigenvalue weighted by atomic mass is 16.3. The Morgan fingerprint density at radius 1 is 1.26 bits per heavy atom. The highest BCUT2D eigenvalue weighted by molar-refractivity contribution is 5.15. The van der Waals surface area contributed by atoms with E-state index in [1.165, 1.54) is 31.4 Å². The monoisotopic (exact) mass is 261 g/mol. The van der Waals surface area contributed by atoms with Crippen LogP contribution in [-0.2, 0) is 6.54 Å². The fraction of sp³-hybridized carbons (Fsp3) is 0.647. The van der Waals surface area contributed by atoms with Gasteiger partial charge in [0, 0.05) is 25.0 Å². The summed E-state index contributed by atoms with van der Waals surface area (Å²) in [6.45, 7) is 7.68. The molecule has 0 amide bonds. The zero-order valence-corrected chi connectivity index (χ0v) is 12.3. The molecule has 1 aliphatic carbocycles. The second-order valence-corrected chi connectivity index (χ2v) is 5.76. The summed E-state index contributed by atoms with van der Waals surface area (Å²) in [7, 11) is 0. The second kappa shape index (κ2) is 6.53. The Balaban J connectivity index is 0.000000637. The molecule has 19 heavy (non-hydrogen) atoms. The number of benzene rings is 1. The van der Waals surface area contributed by atoms with Crippen molar-refractivity contribution in [2.75, 3.05) is 19.7 Å². The maximum absolute atomic E-state index is 9.68. The molecule has 1 aromatic rings. The minimum Gasteiger partial charge on any atom is -0.396 e. The molecule has 0 bridgehead atoms. The third kappa shape index (κ3) is 3.01. The van der Waals surface area contributed by atoms with Gasteiger partial charge in [0.2, 0.25) is 0 Å². The number of nitrogens with zero attached hydrogens (tertiary/aromatic N) is 1. The molecular weight excluding hydrogens is 234 g/mol. The molecule has 2 fully saturated rings. The van der Waals surface area contributed by atoms with Crippen molar-refractivity contribution in [3.63, 3.8) is 0 Å². The number of rotatable bonds is 3. The first kappa shape index (κ1) is 14.5. The Labute approximate surface area is 117 Å². The molecule has 2 unspecified atom stereocenters. The van der Waals surface area contributed by atoms with E-state index in [2.05, 4.69) is 35.2 Å². The summed E-state index contributed by atoms with van der Waals surface area (Å²) in [5, 5.41) is 9.68. The van der Waals surface area contributed by atoms with Crippen molar-refractivity contribution >= 4 is 0 Å². The summed E-state index contributed by atoms with van der Waals surface area (Å²) in [6, 6.07) is 10.7. The van der Waals surface area contributed by atoms with Crippen LogP contribution in [0.5, 0.6) is 0 Å². The number of hydrogen-bond acceptors (Lipinski definition) is 2. The molecule has 1 saturated carbocycles. The third-order valence-corrected chi connectivity index (χ3v) is 4.67. The Hall–Kier alpha value is -0.860.